The van der Waals surface area contributed by atoms with Gasteiger partial charge in [0.05, 0.1) is 23.7 Å². The van der Waals surface area contributed by atoms with E-state index in [0.717, 1.165) is 0 Å². The SMILES string of the molecule is COc1ccc(-c2ccccc2N)c([N+](=O)[O-])c1. The Balaban J connectivity index is 2.64. The molecule has 0 radical (unpaired) electrons. The lowest BCUT2D eigenvalue weighted by Crippen LogP contribution is -1.96. The van der Waals surface area contributed by atoms with Crippen LogP contribution in [0.25, 0.3) is 11.1 Å². The molecule has 2 rings (SSSR count). The van der Waals surface area contributed by atoms with Gasteiger partial charge in [-0.05, 0) is 18.2 Å². The molecule has 0 aliphatic rings. The van der Waals surface area contributed by atoms with Crippen LogP contribution >= 0.6 is 0 Å². The first kappa shape index (κ1) is 11.9. The number of nitro groups is 1. The van der Waals surface area contributed by atoms with Gasteiger partial charge in [0.2, 0.25) is 0 Å². The first-order chi connectivity index (χ1) is 8.63. The summed E-state index contributed by atoms with van der Waals surface area (Å²) in [4.78, 5) is 10.6. The van der Waals surface area contributed by atoms with Crippen molar-refractivity contribution < 1.29 is 9.66 Å². The van der Waals surface area contributed by atoms with E-state index in [2.05, 4.69) is 0 Å². The molecule has 18 heavy (non-hydrogen) atoms. The van der Waals surface area contributed by atoms with Crippen LogP contribution in [0, 0.1) is 10.1 Å². The Morgan fingerprint density at radius 3 is 2.50 bits per heavy atom. The number of nitro benzene ring substituents is 1. The van der Waals surface area contributed by atoms with E-state index >= 15 is 0 Å². The van der Waals surface area contributed by atoms with Crippen molar-refractivity contribution in [2.24, 2.45) is 0 Å². The van der Waals surface area contributed by atoms with Gasteiger partial charge in [-0.25, -0.2) is 0 Å². The molecular weight excluding hydrogens is 232 g/mol. The van der Waals surface area contributed by atoms with E-state index in [1.54, 1.807) is 36.4 Å². The van der Waals surface area contributed by atoms with E-state index in [9.17, 15) is 10.1 Å². The summed E-state index contributed by atoms with van der Waals surface area (Å²) in [6.07, 6.45) is 0. The summed E-state index contributed by atoms with van der Waals surface area (Å²) in [6, 6.07) is 11.8. The fourth-order valence-electron chi connectivity index (χ4n) is 1.76. The molecule has 2 N–H and O–H groups in total. The van der Waals surface area contributed by atoms with Gasteiger partial charge in [-0.15, -0.1) is 0 Å². The number of hydrogen-bond donors (Lipinski definition) is 1. The highest BCUT2D eigenvalue weighted by Crippen LogP contribution is 2.35. The molecule has 0 aliphatic carbocycles. The minimum atomic E-state index is -0.440. The summed E-state index contributed by atoms with van der Waals surface area (Å²) in [5.74, 6) is 0.444. The fraction of sp³-hybridized carbons (Fsp3) is 0.0769. The number of benzene rings is 2. The zero-order valence-electron chi connectivity index (χ0n) is 9.79. The average Bonchev–Trinajstić information content (AvgIpc) is 2.38. The summed E-state index contributed by atoms with van der Waals surface area (Å²) in [5, 5.41) is 11.1. The Hall–Kier alpha value is -2.56. The Kier molecular flexibility index (Phi) is 3.14. The van der Waals surface area contributed by atoms with Crippen molar-refractivity contribution in [3.63, 3.8) is 0 Å². The molecule has 0 bridgehead atoms. The summed E-state index contributed by atoms with van der Waals surface area (Å²) in [7, 11) is 1.47. The third-order valence-electron chi connectivity index (χ3n) is 2.65. The van der Waals surface area contributed by atoms with Gasteiger partial charge in [-0.1, -0.05) is 18.2 Å². The lowest BCUT2D eigenvalue weighted by molar-refractivity contribution is -0.384. The number of anilines is 1. The fourth-order valence-corrected chi connectivity index (χ4v) is 1.76. The van der Waals surface area contributed by atoms with Crippen LogP contribution in [0.3, 0.4) is 0 Å². The summed E-state index contributed by atoms with van der Waals surface area (Å²) < 4.78 is 4.99. The van der Waals surface area contributed by atoms with Gasteiger partial charge >= 0.3 is 0 Å². The van der Waals surface area contributed by atoms with Crippen LogP contribution in [-0.4, -0.2) is 12.0 Å². The number of nitrogens with two attached hydrogens (primary N) is 1. The van der Waals surface area contributed by atoms with Crippen LogP contribution in [0.15, 0.2) is 42.5 Å². The van der Waals surface area contributed by atoms with Crippen molar-refractivity contribution in [2.75, 3.05) is 12.8 Å². The zero-order valence-corrected chi connectivity index (χ0v) is 9.79. The first-order valence-corrected chi connectivity index (χ1v) is 5.31. The van der Waals surface area contributed by atoms with Gasteiger partial charge in [-0.2, -0.15) is 0 Å². The molecule has 0 atom stereocenters. The van der Waals surface area contributed by atoms with Crippen molar-refractivity contribution >= 4 is 11.4 Å². The molecule has 0 saturated heterocycles. The van der Waals surface area contributed by atoms with E-state index in [4.69, 9.17) is 10.5 Å². The lowest BCUT2D eigenvalue weighted by Gasteiger charge is -2.07. The molecule has 0 unspecified atom stereocenters. The Labute approximate surface area is 104 Å². The van der Waals surface area contributed by atoms with E-state index in [-0.39, 0.29) is 5.69 Å². The number of hydrogen-bond acceptors (Lipinski definition) is 4. The second-order valence-corrected chi connectivity index (χ2v) is 3.73. The predicted molar refractivity (Wildman–Crippen MR) is 69.5 cm³/mol. The molecule has 5 nitrogen and oxygen atoms in total. The van der Waals surface area contributed by atoms with Crippen molar-refractivity contribution in [2.45, 2.75) is 0 Å². The molecule has 0 amide bonds. The van der Waals surface area contributed by atoms with Crippen molar-refractivity contribution in [3.05, 3.63) is 52.6 Å². The molecular formula is C13H12N2O3. The smallest absolute Gasteiger partial charge is 0.280 e. The quantitative estimate of drug-likeness (QED) is 0.511. The van der Waals surface area contributed by atoms with Gasteiger partial charge in [0, 0.05) is 11.3 Å². The maximum Gasteiger partial charge on any atom is 0.280 e. The number of methoxy groups -OCH3 is 1. The maximum atomic E-state index is 11.1. The molecule has 0 aromatic heterocycles. The van der Waals surface area contributed by atoms with Crippen LogP contribution in [0.2, 0.25) is 0 Å². The van der Waals surface area contributed by atoms with Crippen LogP contribution in [0.1, 0.15) is 0 Å². The largest absolute Gasteiger partial charge is 0.497 e. The van der Waals surface area contributed by atoms with E-state index in [1.807, 2.05) is 0 Å². The molecule has 0 fully saturated rings. The number of ether oxygens (including phenoxy) is 1. The summed E-state index contributed by atoms with van der Waals surface area (Å²) in [5.41, 5.74) is 7.45. The second-order valence-electron chi connectivity index (χ2n) is 3.73. The van der Waals surface area contributed by atoms with E-state index in [0.29, 0.717) is 22.6 Å². The normalized spacial score (nSPS) is 10.1. The maximum absolute atomic E-state index is 11.1. The number of nitrogens with zero attached hydrogens (tertiary/aromatic N) is 1. The lowest BCUT2D eigenvalue weighted by atomic mass is 10.0. The minimum Gasteiger partial charge on any atom is -0.497 e. The molecule has 92 valence electrons. The minimum absolute atomic E-state index is 0.0211. The molecule has 2 aromatic carbocycles. The average molecular weight is 244 g/mol. The first-order valence-electron chi connectivity index (χ1n) is 5.31. The van der Waals surface area contributed by atoms with Crippen molar-refractivity contribution in [1.82, 2.24) is 0 Å². The molecule has 0 saturated carbocycles. The Bertz CT molecular complexity index is 597. The van der Waals surface area contributed by atoms with Crippen molar-refractivity contribution in [3.8, 4) is 16.9 Å². The third-order valence-corrected chi connectivity index (χ3v) is 2.65. The predicted octanol–water partition coefficient (Wildman–Crippen LogP) is 2.85. The van der Waals surface area contributed by atoms with E-state index < -0.39 is 4.92 Å². The molecule has 0 aliphatic heterocycles. The monoisotopic (exact) mass is 244 g/mol. The van der Waals surface area contributed by atoms with Gasteiger partial charge in [0.1, 0.15) is 5.75 Å². The standard InChI is InChI=1S/C13H12N2O3/c1-18-9-6-7-11(13(8-9)15(16)17)10-4-2-3-5-12(10)14/h2-8H,14H2,1H3. The second kappa shape index (κ2) is 4.75. The highest BCUT2D eigenvalue weighted by atomic mass is 16.6. The van der Waals surface area contributed by atoms with E-state index in [1.165, 1.54) is 13.2 Å². The van der Waals surface area contributed by atoms with Crippen LogP contribution in [0.5, 0.6) is 5.75 Å². The van der Waals surface area contributed by atoms with Crippen LogP contribution < -0.4 is 10.5 Å². The highest BCUT2D eigenvalue weighted by Gasteiger charge is 2.17. The summed E-state index contributed by atoms with van der Waals surface area (Å²) >= 11 is 0. The van der Waals surface area contributed by atoms with Crippen molar-refractivity contribution in [1.29, 1.82) is 0 Å². The highest BCUT2D eigenvalue weighted by molar-refractivity contribution is 5.82. The third kappa shape index (κ3) is 2.10. The zero-order chi connectivity index (χ0) is 13.1. The Morgan fingerprint density at radius 1 is 1.17 bits per heavy atom. The van der Waals surface area contributed by atoms with Gasteiger partial charge in [0.15, 0.2) is 0 Å². The van der Waals surface area contributed by atoms with Gasteiger partial charge in [-0.3, -0.25) is 10.1 Å². The van der Waals surface area contributed by atoms with Gasteiger partial charge < -0.3 is 10.5 Å². The molecule has 0 spiro atoms. The molecule has 5 heteroatoms. The number of rotatable bonds is 3. The summed E-state index contributed by atoms with van der Waals surface area (Å²) in [6.45, 7) is 0. The Morgan fingerprint density at radius 2 is 1.89 bits per heavy atom. The number of para-hydroxylation sites is 1. The van der Waals surface area contributed by atoms with Crippen LogP contribution in [0.4, 0.5) is 11.4 Å². The topological polar surface area (TPSA) is 78.4 Å². The van der Waals surface area contributed by atoms with Crippen LogP contribution in [-0.2, 0) is 0 Å². The van der Waals surface area contributed by atoms with Gasteiger partial charge in [0.25, 0.3) is 5.69 Å². The number of nitrogen functional groups attached to an aromatic ring is 1. The molecule has 0 heterocycles. The molecule has 2 aromatic rings.